The van der Waals surface area contributed by atoms with Crippen molar-refractivity contribution < 1.29 is 9.59 Å². The second kappa shape index (κ2) is 6.58. The fraction of sp³-hybridized carbons (Fsp3) is 0.400. The molecule has 1 unspecified atom stereocenters. The number of aromatic nitrogens is 1. The van der Waals surface area contributed by atoms with Crippen LogP contribution >= 0.6 is 22.7 Å². The Labute approximate surface area is 137 Å². The SMILES string of the molecule is CC1CCCN1C(=O)Cc1csc(NC(=O)c2cccs2)n1. The number of rotatable bonds is 4. The van der Waals surface area contributed by atoms with Crippen molar-refractivity contribution in [3.8, 4) is 0 Å². The number of nitrogens with one attached hydrogen (secondary N) is 1. The van der Waals surface area contributed by atoms with E-state index < -0.39 is 0 Å². The molecule has 3 heterocycles. The molecular formula is C15H17N3O2S2. The average Bonchev–Trinajstić information content (AvgIpc) is 3.20. The number of carbonyl (C=O) groups is 2. The van der Waals surface area contributed by atoms with Crippen LogP contribution in [-0.4, -0.2) is 34.3 Å². The highest BCUT2D eigenvalue weighted by atomic mass is 32.1. The van der Waals surface area contributed by atoms with E-state index >= 15 is 0 Å². The molecule has 1 N–H and O–H groups in total. The minimum Gasteiger partial charge on any atom is -0.340 e. The number of hydrogen-bond donors (Lipinski definition) is 1. The zero-order valence-electron chi connectivity index (χ0n) is 12.2. The van der Waals surface area contributed by atoms with Crippen LogP contribution in [0.2, 0.25) is 0 Å². The number of anilines is 1. The highest BCUT2D eigenvalue weighted by Crippen LogP contribution is 2.21. The summed E-state index contributed by atoms with van der Waals surface area (Å²) in [6.07, 6.45) is 2.45. The molecule has 0 aliphatic carbocycles. The number of thiophene rings is 1. The molecular weight excluding hydrogens is 318 g/mol. The van der Waals surface area contributed by atoms with Crippen molar-refractivity contribution in [3.63, 3.8) is 0 Å². The zero-order valence-corrected chi connectivity index (χ0v) is 13.9. The smallest absolute Gasteiger partial charge is 0.267 e. The maximum absolute atomic E-state index is 12.2. The predicted molar refractivity (Wildman–Crippen MR) is 88.5 cm³/mol. The maximum atomic E-state index is 12.2. The second-order valence-corrected chi connectivity index (χ2v) is 7.14. The standard InChI is InChI=1S/C15H17N3O2S2/c1-10-4-2-6-18(10)13(19)8-11-9-22-15(16-11)17-14(20)12-5-3-7-21-12/h3,5,7,9-10H,2,4,6,8H2,1H3,(H,16,17,20). The van der Waals surface area contributed by atoms with Crippen LogP contribution in [0.15, 0.2) is 22.9 Å². The van der Waals surface area contributed by atoms with Crippen LogP contribution in [0, 0.1) is 0 Å². The van der Waals surface area contributed by atoms with Gasteiger partial charge in [-0.2, -0.15) is 0 Å². The van der Waals surface area contributed by atoms with E-state index in [4.69, 9.17) is 0 Å². The Morgan fingerprint density at radius 3 is 3.00 bits per heavy atom. The van der Waals surface area contributed by atoms with Gasteiger partial charge in [0.15, 0.2) is 5.13 Å². The molecule has 1 saturated heterocycles. The Morgan fingerprint density at radius 2 is 2.32 bits per heavy atom. The van der Waals surface area contributed by atoms with Crippen molar-refractivity contribution in [2.24, 2.45) is 0 Å². The Morgan fingerprint density at radius 1 is 1.45 bits per heavy atom. The topological polar surface area (TPSA) is 62.3 Å². The van der Waals surface area contributed by atoms with Crippen LogP contribution in [0.1, 0.15) is 35.1 Å². The highest BCUT2D eigenvalue weighted by molar-refractivity contribution is 7.14. The summed E-state index contributed by atoms with van der Waals surface area (Å²) in [4.78, 5) is 31.1. The Balaban J connectivity index is 1.59. The van der Waals surface area contributed by atoms with Gasteiger partial charge in [0.2, 0.25) is 5.91 Å². The first kappa shape index (κ1) is 15.2. The lowest BCUT2D eigenvalue weighted by atomic mass is 10.2. The quantitative estimate of drug-likeness (QED) is 0.934. The fourth-order valence-electron chi connectivity index (χ4n) is 2.57. The Hall–Kier alpha value is -1.73. The maximum Gasteiger partial charge on any atom is 0.267 e. The number of likely N-dealkylation sites (tertiary alicyclic amines) is 1. The molecule has 0 saturated carbocycles. The van der Waals surface area contributed by atoms with E-state index in [1.165, 1.54) is 22.7 Å². The summed E-state index contributed by atoms with van der Waals surface area (Å²) in [5, 5.41) is 7.00. The lowest BCUT2D eigenvalue weighted by molar-refractivity contribution is -0.131. The first-order valence-corrected chi connectivity index (χ1v) is 8.98. The van der Waals surface area contributed by atoms with Gasteiger partial charge < -0.3 is 4.90 Å². The summed E-state index contributed by atoms with van der Waals surface area (Å²) in [5.41, 5.74) is 0.718. The average molecular weight is 335 g/mol. The number of nitrogens with zero attached hydrogens (tertiary/aromatic N) is 2. The van der Waals surface area contributed by atoms with Gasteiger partial charge in [-0.1, -0.05) is 6.07 Å². The lowest BCUT2D eigenvalue weighted by Gasteiger charge is -2.20. The molecule has 7 heteroatoms. The molecule has 2 amide bonds. The summed E-state index contributed by atoms with van der Waals surface area (Å²) in [6, 6.07) is 3.93. The predicted octanol–water partition coefficient (Wildman–Crippen LogP) is 3.01. The van der Waals surface area contributed by atoms with Crippen molar-refractivity contribution in [2.45, 2.75) is 32.2 Å². The minimum atomic E-state index is -0.157. The third kappa shape index (κ3) is 3.36. The summed E-state index contributed by atoms with van der Waals surface area (Å²) >= 11 is 2.74. The molecule has 2 aromatic heterocycles. The number of amides is 2. The zero-order chi connectivity index (χ0) is 15.5. The van der Waals surface area contributed by atoms with E-state index in [0.717, 1.165) is 25.1 Å². The molecule has 1 fully saturated rings. The van der Waals surface area contributed by atoms with Crippen molar-refractivity contribution in [2.75, 3.05) is 11.9 Å². The van der Waals surface area contributed by atoms with Gasteiger partial charge in [-0.15, -0.1) is 22.7 Å². The van der Waals surface area contributed by atoms with Gasteiger partial charge in [0.25, 0.3) is 5.91 Å². The van der Waals surface area contributed by atoms with Crippen molar-refractivity contribution in [1.29, 1.82) is 0 Å². The van der Waals surface area contributed by atoms with Crippen molar-refractivity contribution in [3.05, 3.63) is 33.5 Å². The van der Waals surface area contributed by atoms with Crippen molar-refractivity contribution >= 4 is 39.6 Å². The van der Waals surface area contributed by atoms with Crippen molar-refractivity contribution in [1.82, 2.24) is 9.88 Å². The summed E-state index contributed by atoms with van der Waals surface area (Å²) in [5.74, 6) is -0.0400. The molecule has 0 spiro atoms. The van der Waals surface area contributed by atoms with Gasteiger partial charge in [-0.25, -0.2) is 4.98 Å². The summed E-state index contributed by atoms with van der Waals surface area (Å²) < 4.78 is 0. The number of carbonyl (C=O) groups excluding carboxylic acids is 2. The van der Waals surface area contributed by atoms with Crippen LogP contribution in [0.25, 0.3) is 0 Å². The first-order chi connectivity index (χ1) is 10.6. The van der Waals surface area contributed by atoms with Gasteiger partial charge in [0.1, 0.15) is 0 Å². The molecule has 5 nitrogen and oxygen atoms in total. The molecule has 0 aromatic carbocycles. The van der Waals surface area contributed by atoms with Gasteiger partial charge in [0.05, 0.1) is 17.0 Å². The van der Waals surface area contributed by atoms with E-state index in [1.54, 1.807) is 6.07 Å². The summed E-state index contributed by atoms with van der Waals surface area (Å²) in [6.45, 7) is 2.92. The van der Waals surface area contributed by atoms with E-state index in [1.807, 2.05) is 21.7 Å². The fourth-order valence-corrected chi connectivity index (χ4v) is 3.90. The monoisotopic (exact) mass is 335 g/mol. The Kier molecular flexibility index (Phi) is 4.54. The van der Waals surface area contributed by atoms with E-state index in [0.29, 0.717) is 22.5 Å². The molecule has 2 aromatic rings. The van der Waals surface area contributed by atoms with Gasteiger partial charge in [0, 0.05) is 18.0 Å². The van der Waals surface area contributed by atoms with Crippen LogP contribution in [-0.2, 0) is 11.2 Å². The molecule has 0 radical (unpaired) electrons. The highest BCUT2D eigenvalue weighted by Gasteiger charge is 2.25. The lowest BCUT2D eigenvalue weighted by Crippen LogP contribution is -2.34. The Bertz CT molecular complexity index is 666. The van der Waals surface area contributed by atoms with E-state index in [-0.39, 0.29) is 11.8 Å². The van der Waals surface area contributed by atoms with Crippen LogP contribution in [0.4, 0.5) is 5.13 Å². The van der Waals surface area contributed by atoms with Gasteiger partial charge in [-0.05, 0) is 31.2 Å². The first-order valence-electron chi connectivity index (χ1n) is 7.22. The molecule has 3 rings (SSSR count). The van der Waals surface area contributed by atoms with Crippen LogP contribution in [0.3, 0.4) is 0 Å². The third-order valence-corrected chi connectivity index (χ3v) is 5.40. The largest absolute Gasteiger partial charge is 0.340 e. The normalized spacial score (nSPS) is 17.7. The van der Waals surface area contributed by atoms with E-state index in [2.05, 4.69) is 17.2 Å². The molecule has 116 valence electrons. The minimum absolute atomic E-state index is 0.117. The van der Waals surface area contributed by atoms with Gasteiger partial charge in [-0.3, -0.25) is 14.9 Å². The number of hydrogen-bond acceptors (Lipinski definition) is 5. The van der Waals surface area contributed by atoms with Gasteiger partial charge >= 0.3 is 0 Å². The van der Waals surface area contributed by atoms with Crippen LogP contribution in [0.5, 0.6) is 0 Å². The molecule has 1 aliphatic heterocycles. The molecule has 0 bridgehead atoms. The summed E-state index contributed by atoms with van der Waals surface area (Å²) in [7, 11) is 0. The third-order valence-electron chi connectivity index (χ3n) is 3.72. The number of thiazole rings is 1. The molecule has 1 aliphatic rings. The van der Waals surface area contributed by atoms with E-state index in [9.17, 15) is 9.59 Å². The van der Waals surface area contributed by atoms with Crippen LogP contribution < -0.4 is 5.32 Å². The molecule has 22 heavy (non-hydrogen) atoms. The second-order valence-electron chi connectivity index (χ2n) is 5.33. The molecule has 1 atom stereocenters.